The van der Waals surface area contributed by atoms with Crippen LogP contribution in [0.4, 0.5) is 0 Å². The third kappa shape index (κ3) is 3.96. The summed E-state index contributed by atoms with van der Waals surface area (Å²) in [5, 5.41) is 4.61. The SMILES string of the molecule is CCCNC1C(SCC(C)C)CCC1(C)C. The first kappa shape index (κ1) is 14.4. The van der Waals surface area contributed by atoms with Gasteiger partial charge >= 0.3 is 0 Å². The molecule has 2 unspecified atom stereocenters. The molecule has 0 heterocycles. The van der Waals surface area contributed by atoms with E-state index in [1.807, 2.05) is 0 Å². The van der Waals surface area contributed by atoms with Gasteiger partial charge in [0.25, 0.3) is 0 Å². The molecule has 1 aliphatic rings. The maximum absolute atomic E-state index is 3.77. The third-order valence-corrected chi connectivity index (χ3v) is 5.34. The van der Waals surface area contributed by atoms with E-state index < -0.39 is 0 Å². The van der Waals surface area contributed by atoms with E-state index in [2.05, 4.69) is 51.7 Å². The molecule has 1 aliphatic carbocycles. The van der Waals surface area contributed by atoms with Crippen LogP contribution < -0.4 is 5.32 Å². The molecule has 0 radical (unpaired) electrons. The first-order chi connectivity index (χ1) is 7.47. The lowest BCUT2D eigenvalue weighted by molar-refractivity contribution is 0.287. The second-order valence-corrected chi connectivity index (χ2v) is 7.50. The van der Waals surface area contributed by atoms with Crippen LogP contribution in [0.15, 0.2) is 0 Å². The molecule has 2 atom stereocenters. The van der Waals surface area contributed by atoms with Gasteiger partial charge in [-0.05, 0) is 42.9 Å². The van der Waals surface area contributed by atoms with E-state index in [0.29, 0.717) is 5.41 Å². The monoisotopic (exact) mass is 243 g/mol. The van der Waals surface area contributed by atoms with Crippen molar-refractivity contribution in [3.8, 4) is 0 Å². The molecule has 1 rings (SSSR count). The Kier molecular flexibility index (Phi) is 5.66. The summed E-state index contributed by atoms with van der Waals surface area (Å²) in [6.45, 7) is 12.9. The van der Waals surface area contributed by atoms with Gasteiger partial charge in [-0.25, -0.2) is 0 Å². The Morgan fingerprint density at radius 3 is 2.62 bits per heavy atom. The number of hydrogen-bond donors (Lipinski definition) is 1. The summed E-state index contributed by atoms with van der Waals surface area (Å²) in [7, 11) is 0. The van der Waals surface area contributed by atoms with Gasteiger partial charge in [0.1, 0.15) is 0 Å². The van der Waals surface area contributed by atoms with Gasteiger partial charge in [-0.1, -0.05) is 34.6 Å². The van der Waals surface area contributed by atoms with Crippen LogP contribution in [0.25, 0.3) is 0 Å². The normalized spacial score (nSPS) is 28.9. The second-order valence-electron chi connectivity index (χ2n) is 6.22. The fraction of sp³-hybridized carbons (Fsp3) is 1.00. The summed E-state index contributed by atoms with van der Waals surface area (Å²) in [6, 6.07) is 0.719. The molecular weight excluding hydrogens is 214 g/mol. The van der Waals surface area contributed by atoms with Crippen molar-refractivity contribution in [1.82, 2.24) is 5.32 Å². The zero-order chi connectivity index (χ0) is 12.2. The predicted molar refractivity (Wildman–Crippen MR) is 76.2 cm³/mol. The highest BCUT2D eigenvalue weighted by Crippen LogP contribution is 2.43. The van der Waals surface area contributed by atoms with Gasteiger partial charge in [0.15, 0.2) is 0 Å². The summed E-state index contributed by atoms with van der Waals surface area (Å²) < 4.78 is 0. The van der Waals surface area contributed by atoms with E-state index in [1.165, 1.54) is 31.6 Å². The Morgan fingerprint density at radius 2 is 2.06 bits per heavy atom. The molecule has 2 heteroatoms. The summed E-state index contributed by atoms with van der Waals surface area (Å²) in [5.74, 6) is 2.13. The van der Waals surface area contributed by atoms with Gasteiger partial charge in [-0.2, -0.15) is 11.8 Å². The van der Waals surface area contributed by atoms with Crippen LogP contribution in [0.2, 0.25) is 0 Å². The van der Waals surface area contributed by atoms with Crippen LogP contribution in [0.1, 0.15) is 53.9 Å². The zero-order valence-electron chi connectivity index (χ0n) is 11.7. The molecular formula is C14H29NS. The van der Waals surface area contributed by atoms with Crippen LogP contribution in [0.5, 0.6) is 0 Å². The van der Waals surface area contributed by atoms with Crippen LogP contribution in [-0.4, -0.2) is 23.6 Å². The Morgan fingerprint density at radius 1 is 1.38 bits per heavy atom. The van der Waals surface area contributed by atoms with Gasteiger partial charge in [-0.15, -0.1) is 0 Å². The van der Waals surface area contributed by atoms with Crippen molar-refractivity contribution in [2.45, 2.75) is 65.2 Å². The molecule has 0 saturated heterocycles. The van der Waals surface area contributed by atoms with Gasteiger partial charge < -0.3 is 5.32 Å². The molecule has 16 heavy (non-hydrogen) atoms. The molecule has 0 aromatic carbocycles. The maximum atomic E-state index is 3.77. The van der Waals surface area contributed by atoms with Gasteiger partial charge in [0.2, 0.25) is 0 Å². The Bertz CT molecular complexity index is 201. The van der Waals surface area contributed by atoms with Gasteiger partial charge in [-0.3, -0.25) is 0 Å². The molecule has 0 aliphatic heterocycles. The van der Waals surface area contributed by atoms with Crippen LogP contribution in [0.3, 0.4) is 0 Å². The van der Waals surface area contributed by atoms with Gasteiger partial charge in [0.05, 0.1) is 0 Å². The lowest BCUT2D eigenvalue weighted by Gasteiger charge is -2.31. The fourth-order valence-electron chi connectivity index (χ4n) is 2.54. The molecule has 0 amide bonds. The average Bonchev–Trinajstić information content (AvgIpc) is 2.48. The Hall–Kier alpha value is 0.310. The van der Waals surface area contributed by atoms with Crippen LogP contribution in [-0.2, 0) is 0 Å². The van der Waals surface area contributed by atoms with E-state index in [4.69, 9.17) is 0 Å². The van der Waals surface area contributed by atoms with Crippen molar-refractivity contribution >= 4 is 11.8 Å². The average molecular weight is 243 g/mol. The zero-order valence-corrected chi connectivity index (χ0v) is 12.5. The lowest BCUT2D eigenvalue weighted by Crippen LogP contribution is -2.43. The molecule has 0 spiro atoms. The summed E-state index contributed by atoms with van der Waals surface area (Å²) in [6.07, 6.45) is 4.02. The Labute approximate surface area is 106 Å². The van der Waals surface area contributed by atoms with E-state index in [-0.39, 0.29) is 0 Å². The predicted octanol–water partition coefficient (Wildman–Crippen LogP) is 3.93. The number of nitrogens with one attached hydrogen (secondary N) is 1. The highest BCUT2D eigenvalue weighted by Gasteiger charge is 2.41. The molecule has 1 N–H and O–H groups in total. The smallest absolute Gasteiger partial charge is 0.0237 e. The van der Waals surface area contributed by atoms with Crippen LogP contribution >= 0.6 is 11.8 Å². The maximum Gasteiger partial charge on any atom is 0.0237 e. The van der Waals surface area contributed by atoms with Crippen molar-refractivity contribution in [2.24, 2.45) is 11.3 Å². The second kappa shape index (κ2) is 6.30. The number of rotatable bonds is 6. The molecule has 0 bridgehead atoms. The standard InChI is InChI=1S/C14H29NS/c1-6-9-15-13-12(16-10-11(2)3)7-8-14(13,4)5/h11-13,15H,6-10H2,1-5H3. The lowest BCUT2D eigenvalue weighted by atomic mass is 9.87. The van der Waals surface area contributed by atoms with Crippen molar-refractivity contribution in [3.63, 3.8) is 0 Å². The fourth-order valence-corrected chi connectivity index (χ4v) is 4.12. The molecule has 0 aromatic rings. The minimum Gasteiger partial charge on any atom is -0.312 e. The van der Waals surface area contributed by atoms with E-state index in [1.54, 1.807) is 0 Å². The van der Waals surface area contributed by atoms with Crippen LogP contribution in [0, 0.1) is 11.3 Å². The topological polar surface area (TPSA) is 12.0 Å². The Balaban J connectivity index is 2.48. The summed E-state index contributed by atoms with van der Waals surface area (Å²) >= 11 is 2.19. The van der Waals surface area contributed by atoms with E-state index >= 15 is 0 Å². The minimum atomic E-state index is 0.490. The van der Waals surface area contributed by atoms with Crippen molar-refractivity contribution in [2.75, 3.05) is 12.3 Å². The first-order valence-corrected chi connectivity index (χ1v) is 7.87. The molecule has 1 nitrogen and oxygen atoms in total. The van der Waals surface area contributed by atoms with E-state index in [0.717, 1.165) is 17.2 Å². The van der Waals surface area contributed by atoms with Crippen molar-refractivity contribution in [3.05, 3.63) is 0 Å². The van der Waals surface area contributed by atoms with Crippen molar-refractivity contribution < 1.29 is 0 Å². The highest BCUT2D eigenvalue weighted by molar-refractivity contribution is 7.99. The molecule has 1 fully saturated rings. The number of hydrogen-bond acceptors (Lipinski definition) is 2. The highest BCUT2D eigenvalue weighted by atomic mass is 32.2. The quantitative estimate of drug-likeness (QED) is 0.758. The molecule has 1 saturated carbocycles. The van der Waals surface area contributed by atoms with Crippen molar-refractivity contribution in [1.29, 1.82) is 0 Å². The summed E-state index contributed by atoms with van der Waals surface area (Å²) in [4.78, 5) is 0. The number of thioether (sulfide) groups is 1. The minimum absolute atomic E-state index is 0.490. The molecule has 96 valence electrons. The third-order valence-electron chi connectivity index (χ3n) is 3.54. The summed E-state index contributed by atoms with van der Waals surface area (Å²) in [5.41, 5.74) is 0.490. The molecule has 0 aromatic heterocycles. The van der Waals surface area contributed by atoms with Gasteiger partial charge in [0, 0.05) is 11.3 Å². The largest absolute Gasteiger partial charge is 0.312 e. The first-order valence-electron chi connectivity index (χ1n) is 6.82. The van der Waals surface area contributed by atoms with E-state index in [9.17, 15) is 0 Å².